The minimum atomic E-state index is 0.738. The number of aromatic nitrogens is 2. The average Bonchev–Trinajstić information content (AvgIpc) is 2.21. The monoisotopic (exact) mass is 305 g/mol. The number of nitrogens with one attached hydrogen (secondary N) is 1. The fourth-order valence-electron chi connectivity index (χ4n) is 1.16. The number of anilines is 1. The van der Waals surface area contributed by atoms with Crippen molar-refractivity contribution in [1.82, 2.24) is 9.97 Å². The van der Waals surface area contributed by atoms with Crippen LogP contribution in [0, 0.1) is 3.57 Å². The van der Waals surface area contributed by atoms with E-state index in [9.17, 15) is 0 Å². The van der Waals surface area contributed by atoms with Gasteiger partial charge in [-0.05, 0) is 29.0 Å². The first kappa shape index (κ1) is 11.7. The molecule has 0 saturated carbocycles. The van der Waals surface area contributed by atoms with E-state index in [0.29, 0.717) is 0 Å². The summed E-state index contributed by atoms with van der Waals surface area (Å²) >= 11 is 2.20. The summed E-state index contributed by atoms with van der Waals surface area (Å²) in [5, 5.41) is 3.21. The van der Waals surface area contributed by atoms with Gasteiger partial charge in [-0.25, -0.2) is 9.97 Å². The van der Waals surface area contributed by atoms with Gasteiger partial charge in [-0.2, -0.15) is 0 Å². The fraction of sp³-hybridized carbons (Fsp3) is 0.600. The lowest BCUT2D eigenvalue weighted by molar-refractivity contribution is 0.683. The van der Waals surface area contributed by atoms with Crippen LogP contribution < -0.4 is 5.32 Å². The molecule has 0 amide bonds. The highest BCUT2D eigenvalue weighted by Crippen LogP contribution is 2.03. The van der Waals surface area contributed by atoms with Crippen LogP contribution in [0.4, 0.5) is 5.95 Å². The van der Waals surface area contributed by atoms with Gasteiger partial charge < -0.3 is 5.32 Å². The Morgan fingerprint density at radius 3 is 2.57 bits per heavy atom. The molecule has 0 radical (unpaired) electrons. The Kier molecular flexibility index (Phi) is 5.82. The zero-order valence-corrected chi connectivity index (χ0v) is 10.6. The van der Waals surface area contributed by atoms with E-state index in [1.165, 1.54) is 25.7 Å². The molecule has 0 aliphatic carbocycles. The Hall–Kier alpha value is -0.390. The molecular weight excluding hydrogens is 289 g/mol. The Morgan fingerprint density at radius 1 is 1.21 bits per heavy atom. The second kappa shape index (κ2) is 6.98. The van der Waals surface area contributed by atoms with Crippen LogP contribution in [-0.2, 0) is 0 Å². The lowest BCUT2D eigenvalue weighted by atomic mass is 10.2. The van der Waals surface area contributed by atoms with E-state index in [2.05, 4.69) is 44.8 Å². The molecule has 0 fully saturated rings. The van der Waals surface area contributed by atoms with Crippen LogP contribution in [0.1, 0.15) is 32.6 Å². The molecule has 0 aliphatic heterocycles. The van der Waals surface area contributed by atoms with Gasteiger partial charge in [0, 0.05) is 22.5 Å². The number of unbranched alkanes of at least 4 members (excludes halogenated alkanes) is 3. The van der Waals surface area contributed by atoms with Gasteiger partial charge in [0.05, 0.1) is 0 Å². The molecule has 0 saturated heterocycles. The van der Waals surface area contributed by atoms with Crippen molar-refractivity contribution < 1.29 is 0 Å². The van der Waals surface area contributed by atoms with Crippen molar-refractivity contribution in [2.75, 3.05) is 11.9 Å². The normalized spacial score (nSPS) is 10.1. The summed E-state index contributed by atoms with van der Waals surface area (Å²) in [7, 11) is 0. The molecular formula is C10H16IN3. The lowest BCUT2D eigenvalue weighted by Gasteiger charge is -2.03. The van der Waals surface area contributed by atoms with Crippen LogP contribution in [0.15, 0.2) is 12.4 Å². The molecule has 0 unspecified atom stereocenters. The van der Waals surface area contributed by atoms with Gasteiger partial charge in [0.15, 0.2) is 0 Å². The molecule has 1 heterocycles. The third-order valence-electron chi connectivity index (χ3n) is 1.93. The van der Waals surface area contributed by atoms with Crippen molar-refractivity contribution in [3.8, 4) is 0 Å². The van der Waals surface area contributed by atoms with Gasteiger partial charge in [-0.1, -0.05) is 26.2 Å². The van der Waals surface area contributed by atoms with E-state index < -0.39 is 0 Å². The number of halogens is 1. The Morgan fingerprint density at radius 2 is 1.93 bits per heavy atom. The third kappa shape index (κ3) is 4.74. The quantitative estimate of drug-likeness (QED) is 0.648. The Labute approximate surface area is 98.9 Å². The largest absolute Gasteiger partial charge is 0.354 e. The number of nitrogens with zero attached hydrogens (tertiary/aromatic N) is 2. The number of hydrogen-bond donors (Lipinski definition) is 1. The maximum Gasteiger partial charge on any atom is 0.222 e. The van der Waals surface area contributed by atoms with Crippen molar-refractivity contribution >= 4 is 28.5 Å². The van der Waals surface area contributed by atoms with Gasteiger partial charge >= 0.3 is 0 Å². The minimum Gasteiger partial charge on any atom is -0.354 e. The molecule has 1 aromatic rings. The van der Waals surface area contributed by atoms with Crippen molar-refractivity contribution in [1.29, 1.82) is 0 Å². The van der Waals surface area contributed by atoms with E-state index in [4.69, 9.17) is 0 Å². The molecule has 1 aromatic heterocycles. The topological polar surface area (TPSA) is 37.8 Å². The molecule has 0 bridgehead atoms. The van der Waals surface area contributed by atoms with Gasteiger partial charge in [-0.3, -0.25) is 0 Å². The van der Waals surface area contributed by atoms with Crippen molar-refractivity contribution in [3.05, 3.63) is 16.0 Å². The van der Waals surface area contributed by atoms with E-state index in [-0.39, 0.29) is 0 Å². The summed E-state index contributed by atoms with van der Waals surface area (Å²) in [6, 6.07) is 0. The maximum atomic E-state index is 4.17. The summed E-state index contributed by atoms with van der Waals surface area (Å²) in [6.45, 7) is 3.19. The third-order valence-corrected chi connectivity index (χ3v) is 2.49. The van der Waals surface area contributed by atoms with E-state index in [1.807, 2.05) is 12.4 Å². The van der Waals surface area contributed by atoms with E-state index in [1.54, 1.807) is 0 Å². The van der Waals surface area contributed by atoms with Crippen LogP contribution in [0.5, 0.6) is 0 Å². The molecule has 0 spiro atoms. The van der Waals surface area contributed by atoms with Crippen molar-refractivity contribution in [3.63, 3.8) is 0 Å². The molecule has 4 heteroatoms. The predicted molar refractivity (Wildman–Crippen MR) is 67.4 cm³/mol. The maximum absolute atomic E-state index is 4.17. The van der Waals surface area contributed by atoms with Crippen LogP contribution >= 0.6 is 22.6 Å². The van der Waals surface area contributed by atoms with Crippen LogP contribution in [-0.4, -0.2) is 16.5 Å². The summed E-state index contributed by atoms with van der Waals surface area (Å²) in [6.07, 6.45) is 8.72. The molecule has 3 nitrogen and oxygen atoms in total. The van der Waals surface area contributed by atoms with E-state index in [0.717, 1.165) is 16.1 Å². The summed E-state index contributed by atoms with van der Waals surface area (Å²) in [5.41, 5.74) is 0. The van der Waals surface area contributed by atoms with Gasteiger partial charge in [0.2, 0.25) is 5.95 Å². The first-order valence-corrected chi connectivity index (χ1v) is 6.12. The zero-order valence-electron chi connectivity index (χ0n) is 8.46. The summed E-state index contributed by atoms with van der Waals surface area (Å²) in [5.74, 6) is 0.738. The van der Waals surface area contributed by atoms with Crippen LogP contribution in [0.2, 0.25) is 0 Å². The first-order valence-electron chi connectivity index (χ1n) is 5.04. The first-order chi connectivity index (χ1) is 6.83. The fourth-order valence-corrected chi connectivity index (χ4v) is 1.43. The van der Waals surface area contributed by atoms with Gasteiger partial charge in [-0.15, -0.1) is 0 Å². The molecule has 0 aromatic carbocycles. The van der Waals surface area contributed by atoms with E-state index >= 15 is 0 Å². The zero-order chi connectivity index (χ0) is 10.2. The highest BCUT2D eigenvalue weighted by Gasteiger charge is 1.94. The van der Waals surface area contributed by atoms with Crippen molar-refractivity contribution in [2.45, 2.75) is 32.6 Å². The summed E-state index contributed by atoms with van der Waals surface area (Å²) < 4.78 is 1.07. The van der Waals surface area contributed by atoms with Gasteiger partial charge in [0.25, 0.3) is 0 Å². The molecule has 0 atom stereocenters. The molecule has 14 heavy (non-hydrogen) atoms. The molecule has 1 N–H and O–H groups in total. The smallest absolute Gasteiger partial charge is 0.222 e. The lowest BCUT2D eigenvalue weighted by Crippen LogP contribution is -2.04. The van der Waals surface area contributed by atoms with Crippen LogP contribution in [0.25, 0.3) is 0 Å². The minimum absolute atomic E-state index is 0.738. The number of rotatable bonds is 6. The number of hydrogen-bond acceptors (Lipinski definition) is 3. The SMILES string of the molecule is CCCCCCNc1ncc(I)cn1. The molecule has 0 aliphatic rings. The molecule has 1 rings (SSSR count). The molecule has 78 valence electrons. The van der Waals surface area contributed by atoms with Crippen molar-refractivity contribution in [2.24, 2.45) is 0 Å². The Bertz CT molecular complexity index is 248. The Balaban J connectivity index is 2.15. The standard InChI is InChI=1S/C10H16IN3/c1-2-3-4-5-6-12-10-13-7-9(11)8-14-10/h7-8H,2-6H2,1H3,(H,12,13,14). The highest BCUT2D eigenvalue weighted by atomic mass is 127. The average molecular weight is 305 g/mol. The highest BCUT2D eigenvalue weighted by molar-refractivity contribution is 14.1. The van der Waals surface area contributed by atoms with Gasteiger partial charge in [0.1, 0.15) is 0 Å². The van der Waals surface area contributed by atoms with Crippen LogP contribution in [0.3, 0.4) is 0 Å². The summed E-state index contributed by atoms with van der Waals surface area (Å²) in [4.78, 5) is 8.33. The predicted octanol–water partition coefficient (Wildman–Crippen LogP) is 3.07. The second-order valence-electron chi connectivity index (χ2n) is 3.21. The second-order valence-corrected chi connectivity index (χ2v) is 4.46.